The minimum atomic E-state index is -0.168. The van der Waals surface area contributed by atoms with Crippen molar-refractivity contribution in [3.63, 3.8) is 0 Å². The summed E-state index contributed by atoms with van der Waals surface area (Å²) in [4.78, 5) is 12.2. The molecule has 0 spiro atoms. The van der Waals surface area contributed by atoms with Crippen molar-refractivity contribution < 1.29 is 9.53 Å². The number of aromatic amines is 1. The van der Waals surface area contributed by atoms with Gasteiger partial charge in [-0.3, -0.25) is 9.89 Å². The highest BCUT2D eigenvalue weighted by Crippen LogP contribution is 2.25. The normalized spacial score (nSPS) is 20.8. The lowest BCUT2D eigenvalue weighted by Gasteiger charge is -2.19. The Morgan fingerprint density at radius 2 is 2.26 bits per heavy atom. The van der Waals surface area contributed by atoms with Crippen molar-refractivity contribution in [1.29, 1.82) is 0 Å². The number of hydrogen-bond acceptors (Lipinski definition) is 3. The molecule has 19 heavy (non-hydrogen) atoms. The lowest BCUT2D eigenvalue weighted by atomic mass is 10.1. The molecule has 0 saturated carbocycles. The van der Waals surface area contributed by atoms with Crippen molar-refractivity contribution in [2.24, 2.45) is 0 Å². The summed E-state index contributed by atoms with van der Waals surface area (Å²) in [6.07, 6.45) is 2.18. The van der Waals surface area contributed by atoms with Gasteiger partial charge >= 0.3 is 0 Å². The number of nitrogens with one attached hydrogen (secondary N) is 2. The summed E-state index contributed by atoms with van der Waals surface area (Å²) in [7, 11) is 0. The number of ether oxygens (including phenoxy) is 1. The first-order chi connectivity index (χ1) is 9.00. The van der Waals surface area contributed by atoms with Gasteiger partial charge in [0.25, 0.3) is 5.91 Å². The Morgan fingerprint density at radius 1 is 1.53 bits per heavy atom. The number of carbonyl (C=O) groups is 1. The van der Waals surface area contributed by atoms with E-state index in [1.807, 2.05) is 6.92 Å². The van der Waals surface area contributed by atoms with Crippen molar-refractivity contribution >= 4 is 21.8 Å². The quantitative estimate of drug-likeness (QED) is 0.892. The van der Waals surface area contributed by atoms with E-state index in [-0.39, 0.29) is 18.1 Å². The van der Waals surface area contributed by atoms with E-state index in [0.29, 0.717) is 11.6 Å². The van der Waals surface area contributed by atoms with Crippen LogP contribution >= 0.6 is 15.9 Å². The van der Waals surface area contributed by atoms with E-state index in [0.717, 1.165) is 29.6 Å². The van der Waals surface area contributed by atoms with Crippen LogP contribution in [0.5, 0.6) is 0 Å². The molecule has 2 rings (SSSR count). The summed E-state index contributed by atoms with van der Waals surface area (Å²) in [6, 6.07) is 0.00102. The van der Waals surface area contributed by atoms with Crippen molar-refractivity contribution in [1.82, 2.24) is 15.5 Å². The van der Waals surface area contributed by atoms with Gasteiger partial charge in [-0.15, -0.1) is 0 Å². The highest BCUT2D eigenvalue weighted by molar-refractivity contribution is 9.10. The van der Waals surface area contributed by atoms with Crippen LogP contribution in [0.3, 0.4) is 0 Å². The monoisotopic (exact) mass is 329 g/mol. The molecule has 2 N–H and O–H groups in total. The third-order valence-electron chi connectivity index (χ3n) is 3.41. The van der Waals surface area contributed by atoms with E-state index in [4.69, 9.17) is 4.74 Å². The molecule has 0 bridgehead atoms. The van der Waals surface area contributed by atoms with Crippen LogP contribution in [0.15, 0.2) is 4.47 Å². The zero-order valence-corrected chi connectivity index (χ0v) is 13.1. The molecule has 1 fully saturated rings. The van der Waals surface area contributed by atoms with Crippen LogP contribution in [0.1, 0.15) is 55.7 Å². The fourth-order valence-corrected chi connectivity index (χ4v) is 3.06. The highest BCUT2D eigenvalue weighted by Gasteiger charge is 2.26. The highest BCUT2D eigenvalue weighted by atomic mass is 79.9. The van der Waals surface area contributed by atoms with Crippen LogP contribution in [0.4, 0.5) is 0 Å². The maximum absolute atomic E-state index is 12.2. The van der Waals surface area contributed by atoms with E-state index < -0.39 is 0 Å². The second kappa shape index (κ2) is 6.05. The number of nitrogens with zero attached hydrogens (tertiary/aromatic N) is 1. The lowest BCUT2D eigenvalue weighted by Crippen LogP contribution is -2.41. The van der Waals surface area contributed by atoms with Crippen LogP contribution in [0.25, 0.3) is 0 Å². The number of aromatic nitrogens is 2. The Bertz CT molecular complexity index is 453. The second-order valence-corrected chi connectivity index (χ2v) is 6.06. The molecule has 1 aliphatic rings. The van der Waals surface area contributed by atoms with Gasteiger partial charge in [-0.25, -0.2) is 0 Å². The molecule has 1 aromatic rings. The van der Waals surface area contributed by atoms with E-state index in [9.17, 15) is 4.79 Å². The molecule has 1 saturated heterocycles. The second-order valence-electron chi connectivity index (χ2n) is 5.27. The van der Waals surface area contributed by atoms with Crippen molar-refractivity contribution in [2.45, 2.75) is 51.7 Å². The summed E-state index contributed by atoms with van der Waals surface area (Å²) in [6.45, 7) is 6.86. The van der Waals surface area contributed by atoms with Crippen LogP contribution in [0.2, 0.25) is 0 Å². The van der Waals surface area contributed by atoms with Crippen LogP contribution in [0, 0.1) is 0 Å². The molecule has 5 nitrogen and oxygen atoms in total. The summed E-state index contributed by atoms with van der Waals surface area (Å²) < 4.78 is 6.32. The molecule has 0 radical (unpaired) electrons. The topological polar surface area (TPSA) is 67.0 Å². The average molecular weight is 330 g/mol. The molecule has 1 amide bonds. The number of H-pyrrole nitrogens is 1. The molecule has 2 heterocycles. The van der Waals surface area contributed by atoms with E-state index in [2.05, 4.69) is 45.3 Å². The van der Waals surface area contributed by atoms with Gasteiger partial charge in [-0.05, 0) is 41.6 Å². The standard InChI is InChI=1S/C13H20BrN3O2/c1-7(2)11-10(14)12(17-16-11)13(18)15-8(3)9-5-4-6-19-9/h7-9H,4-6H2,1-3H3,(H,15,18)(H,16,17)/t8-,9+/m1/s1. The molecule has 0 aromatic carbocycles. The molecule has 6 heteroatoms. The smallest absolute Gasteiger partial charge is 0.273 e. The van der Waals surface area contributed by atoms with E-state index in [1.54, 1.807) is 0 Å². The Labute approximate surface area is 121 Å². The largest absolute Gasteiger partial charge is 0.376 e. The van der Waals surface area contributed by atoms with Gasteiger partial charge in [0, 0.05) is 6.61 Å². The predicted molar refractivity (Wildman–Crippen MR) is 76.3 cm³/mol. The molecule has 2 atom stereocenters. The Kier molecular flexibility index (Phi) is 4.62. The number of amides is 1. The Morgan fingerprint density at radius 3 is 2.79 bits per heavy atom. The first-order valence-electron chi connectivity index (χ1n) is 6.67. The lowest BCUT2D eigenvalue weighted by molar-refractivity contribution is 0.0709. The van der Waals surface area contributed by atoms with Crippen molar-refractivity contribution in [3.05, 3.63) is 15.9 Å². The maximum atomic E-state index is 12.2. The van der Waals surface area contributed by atoms with Crippen LogP contribution in [-0.2, 0) is 4.74 Å². The van der Waals surface area contributed by atoms with Gasteiger partial charge in [-0.1, -0.05) is 13.8 Å². The number of carbonyl (C=O) groups excluding carboxylic acids is 1. The Balaban J connectivity index is 2.03. The zero-order valence-electron chi connectivity index (χ0n) is 11.5. The van der Waals surface area contributed by atoms with Gasteiger partial charge in [0.2, 0.25) is 0 Å². The summed E-state index contributed by atoms with van der Waals surface area (Å²) in [5, 5.41) is 9.95. The molecule has 1 aromatic heterocycles. The van der Waals surface area contributed by atoms with Crippen molar-refractivity contribution in [3.8, 4) is 0 Å². The number of hydrogen-bond donors (Lipinski definition) is 2. The Hall–Kier alpha value is -0.880. The minimum absolute atomic E-state index is 0.00102. The molecule has 0 unspecified atom stereocenters. The molecular formula is C13H20BrN3O2. The van der Waals surface area contributed by atoms with Crippen LogP contribution in [-0.4, -0.2) is 34.9 Å². The average Bonchev–Trinajstić information content (AvgIpc) is 2.96. The fraction of sp³-hybridized carbons (Fsp3) is 0.692. The molecule has 1 aliphatic heterocycles. The third kappa shape index (κ3) is 3.17. The van der Waals surface area contributed by atoms with Gasteiger partial charge in [0.15, 0.2) is 5.69 Å². The van der Waals surface area contributed by atoms with Crippen molar-refractivity contribution in [2.75, 3.05) is 6.61 Å². The van der Waals surface area contributed by atoms with Gasteiger partial charge < -0.3 is 10.1 Å². The molecule has 106 valence electrons. The number of rotatable bonds is 4. The predicted octanol–water partition coefficient (Wildman–Crippen LogP) is 2.59. The van der Waals surface area contributed by atoms with Gasteiger partial charge in [-0.2, -0.15) is 5.10 Å². The fourth-order valence-electron chi connectivity index (χ4n) is 2.24. The third-order valence-corrected chi connectivity index (χ3v) is 4.21. The number of halogens is 1. The zero-order chi connectivity index (χ0) is 14.0. The van der Waals surface area contributed by atoms with Gasteiger partial charge in [0.1, 0.15) is 0 Å². The van der Waals surface area contributed by atoms with E-state index in [1.165, 1.54) is 0 Å². The first-order valence-corrected chi connectivity index (χ1v) is 7.46. The summed E-state index contributed by atoms with van der Waals surface area (Å²) in [5.74, 6) is 0.122. The first kappa shape index (κ1) is 14.5. The van der Waals surface area contributed by atoms with Gasteiger partial charge in [0.05, 0.1) is 22.3 Å². The molecular weight excluding hydrogens is 310 g/mol. The summed E-state index contributed by atoms with van der Waals surface area (Å²) >= 11 is 3.44. The van der Waals surface area contributed by atoms with E-state index >= 15 is 0 Å². The maximum Gasteiger partial charge on any atom is 0.273 e. The SMILES string of the molecule is CC(C)c1[nH]nc(C(=O)N[C@H](C)[C@@H]2CCCO2)c1Br. The molecule has 0 aliphatic carbocycles. The minimum Gasteiger partial charge on any atom is -0.376 e. The van der Waals surface area contributed by atoms with Crippen LogP contribution < -0.4 is 5.32 Å². The summed E-state index contributed by atoms with van der Waals surface area (Å²) in [5.41, 5.74) is 1.35.